The molecule has 0 aromatic heterocycles. The lowest BCUT2D eigenvalue weighted by molar-refractivity contribution is -0.0887. The van der Waals surface area contributed by atoms with Crippen LogP contribution in [-0.4, -0.2) is 0 Å². The maximum atomic E-state index is 9.69. The van der Waals surface area contributed by atoms with Crippen LogP contribution in [0.1, 0.15) is 189 Å². The quantitative estimate of drug-likeness (QED) is 0.228. The van der Waals surface area contributed by atoms with Crippen molar-refractivity contribution in [2.75, 3.05) is 0 Å². The van der Waals surface area contributed by atoms with E-state index in [0.29, 0.717) is 23.7 Å². The molecule has 2 atom stereocenters. The van der Waals surface area contributed by atoms with Gasteiger partial charge in [-0.15, -0.1) is 0 Å². The summed E-state index contributed by atoms with van der Waals surface area (Å²) in [6.07, 6.45) is 24.4. The maximum absolute atomic E-state index is 9.69. The second-order valence-electron chi connectivity index (χ2n) is 16.8. The van der Waals surface area contributed by atoms with E-state index in [0.717, 1.165) is 63.2 Å². The van der Waals surface area contributed by atoms with E-state index in [-0.39, 0.29) is 24.0 Å². The number of benzene rings is 2. The average Bonchev–Trinajstić information content (AvgIpc) is 3.17. The van der Waals surface area contributed by atoms with Crippen molar-refractivity contribution in [2.45, 2.75) is 166 Å². The van der Waals surface area contributed by atoms with Crippen molar-refractivity contribution in [2.24, 2.45) is 35.5 Å². The molecule has 4 saturated carbocycles. The van der Waals surface area contributed by atoms with E-state index >= 15 is 0 Å². The van der Waals surface area contributed by atoms with E-state index in [1.165, 1.54) is 99.3 Å². The summed E-state index contributed by atoms with van der Waals surface area (Å²) in [5.41, 5.74) is 5.66. The Balaban J connectivity index is 1.23. The first-order chi connectivity index (χ1) is 24.1. The SMILES string of the molecule is CCCC1CCC(c2ccc(C(OC(c3ccc(C4CCC(CCC)CC4)cc3)C3CCC(C#N)CC3)C3CCC(C#N)CC3)cc2)CC1. The van der Waals surface area contributed by atoms with Gasteiger partial charge in [-0.25, -0.2) is 0 Å². The summed E-state index contributed by atoms with van der Waals surface area (Å²) in [6.45, 7) is 4.65. The molecule has 0 amide bonds. The van der Waals surface area contributed by atoms with E-state index in [9.17, 15) is 10.5 Å². The summed E-state index contributed by atoms with van der Waals surface area (Å²) in [4.78, 5) is 0. The zero-order valence-electron chi connectivity index (χ0n) is 30.8. The number of hydrogen-bond acceptors (Lipinski definition) is 3. The third kappa shape index (κ3) is 9.39. The van der Waals surface area contributed by atoms with Crippen LogP contribution in [0, 0.1) is 58.2 Å². The van der Waals surface area contributed by atoms with E-state index in [1.54, 1.807) is 0 Å². The Morgan fingerprint density at radius 2 is 0.857 bits per heavy atom. The molecular formula is C46H64N2O. The van der Waals surface area contributed by atoms with Gasteiger partial charge in [0.25, 0.3) is 0 Å². The highest BCUT2D eigenvalue weighted by atomic mass is 16.5. The van der Waals surface area contributed by atoms with Crippen molar-refractivity contribution >= 4 is 0 Å². The molecule has 3 nitrogen and oxygen atoms in total. The summed E-state index contributed by atoms with van der Waals surface area (Å²) in [6, 6.07) is 24.4. The van der Waals surface area contributed by atoms with Gasteiger partial charge >= 0.3 is 0 Å². The fourth-order valence-corrected chi connectivity index (χ4v) is 10.5. The standard InChI is InChI=1S/C46H64N2O/c1-3-5-33-7-15-37(16-8-33)39-23-27-43(28-24-39)45(41-19-11-35(31-47)12-20-41)49-46(42-21-13-36(32-48)14-22-42)44-29-25-40(26-30-44)38-17-9-34(6-4-2)10-18-38/h23-30,33-38,41-42,45-46H,3-22H2,1-2H3. The molecule has 0 bridgehead atoms. The van der Waals surface area contributed by atoms with Crippen molar-refractivity contribution in [3.63, 3.8) is 0 Å². The predicted molar refractivity (Wildman–Crippen MR) is 201 cm³/mol. The molecule has 3 heteroatoms. The normalized spacial score (nSPS) is 32.0. The Morgan fingerprint density at radius 3 is 1.16 bits per heavy atom. The number of rotatable bonds is 12. The van der Waals surface area contributed by atoms with Gasteiger partial charge in [-0.3, -0.25) is 0 Å². The molecule has 4 fully saturated rings. The van der Waals surface area contributed by atoms with Gasteiger partial charge in [0.1, 0.15) is 0 Å². The number of nitrogens with zero attached hydrogens (tertiary/aromatic N) is 2. The molecule has 0 heterocycles. The van der Waals surface area contributed by atoms with Crippen LogP contribution in [0.15, 0.2) is 48.5 Å². The smallest absolute Gasteiger partial charge is 0.0861 e. The van der Waals surface area contributed by atoms with Crippen LogP contribution >= 0.6 is 0 Å². The molecular weight excluding hydrogens is 597 g/mol. The average molecular weight is 661 g/mol. The number of nitriles is 2. The molecule has 0 aliphatic heterocycles. The van der Waals surface area contributed by atoms with Crippen LogP contribution in [0.3, 0.4) is 0 Å². The molecule has 4 aliphatic rings. The first-order valence-corrected chi connectivity index (χ1v) is 20.7. The molecule has 0 radical (unpaired) electrons. The second kappa shape index (κ2) is 18.0. The topological polar surface area (TPSA) is 56.8 Å². The molecule has 49 heavy (non-hydrogen) atoms. The maximum Gasteiger partial charge on any atom is 0.0861 e. The van der Waals surface area contributed by atoms with Crippen molar-refractivity contribution in [1.82, 2.24) is 0 Å². The van der Waals surface area contributed by atoms with Crippen molar-refractivity contribution in [3.05, 3.63) is 70.8 Å². The van der Waals surface area contributed by atoms with Gasteiger partial charge in [0.15, 0.2) is 0 Å². The zero-order valence-corrected chi connectivity index (χ0v) is 30.8. The fourth-order valence-electron chi connectivity index (χ4n) is 10.5. The molecule has 4 aliphatic carbocycles. The summed E-state index contributed by atoms with van der Waals surface area (Å²) in [5.74, 6) is 4.46. The predicted octanol–water partition coefficient (Wildman–Crippen LogP) is 13.3. The molecule has 2 unspecified atom stereocenters. The highest BCUT2D eigenvalue weighted by Crippen LogP contribution is 2.47. The van der Waals surface area contributed by atoms with Gasteiger partial charge in [-0.1, -0.05) is 88.1 Å². The lowest BCUT2D eigenvalue weighted by Gasteiger charge is -2.39. The largest absolute Gasteiger partial charge is 0.365 e. The third-order valence-electron chi connectivity index (χ3n) is 13.6. The summed E-state index contributed by atoms with van der Waals surface area (Å²) in [7, 11) is 0. The van der Waals surface area contributed by atoms with Gasteiger partial charge in [0, 0.05) is 11.8 Å². The van der Waals surface area contributed by atoms with E-state index in [2.05, 4.69) is 74.5 Å². The minimum absolute atomic E-state index is 0.0289. The van der Waals surface area contributed by atoms with Gasteiger partial charge in [-0.2, -0.15) is 10.5 Å². The minimum atomic E-state index is 0.0289. The molecule has 6 rings (SSSR count). The fraction of sp³-hybridized carbons (Fsp3) is 0.696. The lowest BCUT2D eigenvalue weighted by atomic mass is 9.75. The summed E-state index contributed by atoms with van der Waals surface area (Å²) >= 11 is 0. The Hall–Kier alpha value is -2.62. The zero-order chi connectivity index (χ0) is 34.0. The molecule has 2 aromatic rings. The first-order valence-electron chi connectivity index (χ1n) is 20.7. The Kier molecular flexibility index (Phi) is 13.3. The highest BCUT2D eigenvalue weighted by Gasteiger charge is 2.36. The van der Waals surface area contributed by atoms with Crippen LogP contribution in [0.25, 0.3) is 0 Å². The van der Waals surface area contributed by atoms with Crippen LogP contribution in [-0.2, 0) is 4.74 Å². The monoisotopic (exact) mass is 661 g/mol. The minimum Gasteiger partial charge on any atom is -0.365 e. The van der Waals surface area contributed by atoms with Crippen molar-refractivity contribution < 1.29 is 4.74 Å². The summed E-state index contributed by atoms with van der Waals surface area (Å²) in [5, 5.41) is 19.4. The van der Waals surface area contributed by atoms with Crippen LogP contribution < -0.4 is 0 Å². The third-order valence-corrected chi connectivity index (χ3v) is 13.6. The summed E-state index contributed by atoms with van der Waals surface area (Å²) < 4.78 is 7.53. The molecule has 264 valence electrons. The van der Waals surface area contributed by atoms with E-state index in [1.807, 2.05) is 0 Å². The van der Waals surface area contributed by atoms with Crippen LogP contribution in [0.5, 0.6) is 0 Å². The molecule has 2 aromatic carbocycles. The van der Waals surface area contributed by atoms with Crippen LogP contribution in [0.4, 0.5) is 0 Å². The number of ether oxygens (including phenoxy) is 1. The van der Waals surface area contributed by atoms with Crippen molar-refractivity contribution in [1.29, 1.82) is 10.5 Å². The van der Waals surface area contributed by atoms with Gasteiger partial charge in [-0.05, 0) is 160 Å². The second-order valence-corrected chi connectivity index (χ2v) is 16.8. The lowest BCUT2D eigenvalue weighted by Crippen LogP contribution is -2.28. The van der Waals surface area contributed by atoms with Crippen molar-refractivity contribution in [3.8, 4) is 12.1 Å². The molecule has 0 saturated heterocycles. The number of hydrogen-bond donors (Lipinski definition) is 0. The van der Waals surface area contributed by atoms with Gasteiger partial charge in [0.2, 0.25) is 0 Å². The van der Waals surface area contributed by atoms with E-state index in [4.69, 9.17) is 4.74 Å². The Morgan fingerprint density at radius 1 is 0.510 bits per heavy atom. The molecule has 0 N–H and O–H groups in total. The highest BCUT2D eigenvalue weighted by molar-refractivity contribution is 5.30. The Labute approximate surface area is 299 Å². The van der Waals surface area contributed by atoms with Gasteiger partial charge < -0.3 is 4.74 Å². The Bertz CT molecular complexity index is 1230. The van der Waals surface area contributed by atoms with E-state index < -0.39 is 0 Å². The van der Waals surface area contributed by atoms with Gasteiger partial charge in [0.05, 0.1) is 24.3 Å². The van der Waals surface area contributed by atoms with Crippen LogP contribution in [0.2, 0.25) is 0 Å². The first kappa shape index (κ1) is 36.2. The molecule has 0 spiro atoms.